The molecule has 0 radical (unpaired) electrons. The lowest BCUT2D eigenvalue weighted by Gasteiger charge is -2.10. The van der Waals surface area contributed by atoms with Crippen molar-refractivity contribution in [2.45, 2.75) is 18.9 Å². The summed E-state index contributed by atoms with van der Waals surface area (Å²) in [5.41, 5.74) is 1.33. The van der Waals surface area contributed by atoms with E-state index in [1.165, 1.54) is 18.4 Å². The first-order valence-electron chi connectivity index (χ1n) is 5.38. The number of hydrogen-bond acceptors (Lipinski definition) is 2. The monoisotopic (exact) mass is 189 g/mol. The molecule has 0 bridgehead atoms. The Morgan fingerprint density at radius 3 is 3.00 bits per heavy atom. The minimum absolute atomic E-state index is 0.423. The summed E-state index contributed by atoms with van der Waals surface area (Å²) in [5, 5.41) is 3.57. The van der Waals surface area contributed by atoms with Crippen LogP contribution in [0.3, 0.4) is 0 Å². The summed E-state index contributed by atoms with van der Waals surface area (Å²) in [7, 11) is 0. The molecule has 1 aromatic rings. The second-order valence-corrected chi connectivity index (χ2v) is 4.25. The molecule has 1 heterocycles. The van der Waals surface area contributed by atoms with E-state index in [0.717, 1.165) is 24.8 Å². The van der Waals surface area contributed by atoms with Gasteiger partial charge in [0, 0.05) is 5.56 Å². The molecule has 14 heavy (non-hydrogen) atoms. The molecule has 1 aliphatic carbocycles. The van der Waals surface area contributed by atoms with Gasteiger partial charge in [-0.25, -0.2) is 0 Å². The van der Waals surface area contributed by atoms with Crippen molar-refractivity contribution in [3.8, 4) is 5.75 Å². The quantitative estimate of drug-likeness (QED) is 0.786. The van der Waals surface area contributed by atoms with Crippen LogP contribution in [0, 0.1) is 5.92 Å². The average molecular weight is 189 g/mol. The second kappa shape index (κ2) is 3.28. The second-order valence-electron chi connectivity index (χ2n) is 4.25. The van der Waals surface area contributed by atoms with Crippen molar-refractivity contribution in [1.82, 2.24) is 5.32 Å². The lowest BCUT2D eigenvalue weighted by Crippen LogP contribution is -2.24. The normalized spacial score (nSPS) is 24.4. The summed E-state index contributed by atoms with van der Waals surface area (Å²) < 4.78 is 5.60. The number of ether oxygens (including phenoxy) is 1. The fourth-order valence-electron chi connectivity index (χ4n) is 1.96. The summed E-state index contributed by atoms with van der Waals surface area (Å²) in [6, 6.07) is 8.74. The van der Waals surface area contributed by atoms with Gasteiger partial charge in [0.2, 0.25) is 0 Å². The van der Waals surface area contributed by atoms with Gasteiger partial charge in [-0.2, -0.15) is 0 Å². The van der Waals surface area contributed by atoms with E-state index in [2.05, 4.69) is 17.4 Å². The highest BCUT2D eigenvalue weighted by Crippen LogP contribution is 2.33. The van der Waals surface area contributed by atoms with Gasteiger partial charge in [-0.1, -0.05) is 18.2 Å². The minimum Gasteiger partial charge on any atom is -0.491 e. The molecule has 1 aromatic carbocycles. The number of benzene rings is 1. The predicted octanol–water partition coefficient (Wildman–Crippen LogP) is 2.12. The lowest BCUT2D eigenvalue weighted by atomic mass is 10.1. The van der Waals surface area contributed by atoms with Crippen LogP contribution in [0.2, 0.25) is 0 Å². The summed E-state index contributed by atoms with van der Waals surface area (Å²) in [4.78, 5) is 0. The Morgan fingerprint density at radius 1 is 1.29 bits per heavy atom. The van der Waals surface area contributed by atoms with Crippen LogP contribution in [-0.4, -0.2) is 13.2 Å². The number of rotatable bonds is 3. The molecule has 1 saturated carbocycles. The van der Waals surface area contributed by atoms with Crippen molar-refractivity contribution in [3.05, 3.63) is 29.8 Å². The molecule has 1 atom stereocenters. The molecule has 2 heteroatoms. The first-order valence-corrected chi connectivity index (χ1v) is 5.38. The fraction of sp³-hybridized carbons (Fsp3) is 0.500. The van der Waals surface area contributed by atoms with Gasteiger partial charge in [0.05, 0.1) is 6.04 Å². The van der Waals surface area contributed by atoms with E-state index in [-0.39, 0.29) is 0 Å². The lowest BCUT2D eigenvalue weighted by molar-refractivity contribution is 0.310. The van der Waals surface area contributed by atoms with E-state index < -0.39 is 0 Å². The number of nitrogens with one attached hydrogen (secondary N) is 1. The van der Waals surface area contributed by atoms with Crippen molar-refractivity contribution in [1.29, 1.82) is 0 Å². The van der Waals surface area contributed by atoms with Crippen LogP contribution in [0.15, 0.2) is 24.3 Å². The molecule has 1 aliphatic heterocycles. The van der Waals surface area contributed by atoms with Gasteiger partial charge < -0.3 is 10.1 Å². The van der Waals surface area contributed by atoms with Crippen LogP contribution in [0.1, 0.15) is 24.4 Å². The van der Waals surface area contributed by atoms with Gasteiger partial charge in [0.15, 0.2) is 0 Å². The summed E-state index contributed by atoms with van der Waals surface area (Å²) >= 11 is 0. The van der Waals surface area contributed by atoms with Crippen LogP contribution in [-0.2, 0) is 0 Å². The highest BCUT2D eigenvalue weighted by Gasteiger charge is 2.26. The van der Waals surface area contributed by atoms with E-state index in [4.69, 9.17) is 4.74 Å². The zero-order valence-electron chi connectivity index (χ0n) is 8.20. The van der Waals surface area contributed by atoms with Gasteiger partial charge in [-0.05, 0) is 31.4 Å². The largest absolute Gasteiger partial charge is 0.491 e. The highest BCUT2D eigenvalue weighted by molar-refractivity contribution is 5.39. The molecule has 0 aromatic heterocycles. The van der Waals surface area contributed by atoms with Crippen molar-refractivity contribution >= 4 is 0 Å². The van der Waals surface area contributed by atoms with Crippen LogP contribution in [0.25, 0.3) is 0 Å². The third kappa shape index (κ3) is 1.50. The average Bonchev–Trinajstić information content (AvgIpc) is 2.96. The molecule has 0 saturated heterocycles. The molecule has 1 fully saturated rings. The van der Waals surface area contributed by atoms with Gasteiger partial charge in [0.1, 0.15) is 12.4 Å². The summed E-state index contributed by atoms with van der Waals surface area (Å²) in [5.74, 6) is 1.99. The Kier molecular flexibility index (Phi) is 1.95. The maximum Gasteiger partial charge on any atom is 0.124 e. The Labute approximate surface area is 84.3 Å². The summed E-state index contributed by atoms with van der Waals surface area (Å²) in [6.07, 6.45) is 2.81. The van der Waals surface area contributed by atoms with Gasteiger partial charge in [-0.15, -0.1) is 0 Å². The van der Waals surface area contributed by atoms with Crippen molar-refractivity contribution < 1.29 is 4.74 Å². The predicted molar refractivity (Wildman–Crippen MR) is 55.4 cm³/mol. The molecule has 1 N–H and O–H groups in total. The Hall–Kier alpha value is -1.02. The number of para-hydroxylation sites is 1. The van der Waals surface area contributed by atoms with E-state index >= 15 is 0 Å². The maximum atomic E-state index is 5.60. The smallest absolute Gasteiger partial charge is 0.124 e. The van der Waals surface area contributed by atoms with Crippen molar-refractivity contribution in [2.75, 3.05) is 13.2 Å². The van der Waals surface area contributed by atoms with Crippen LogP contribution >= 0.6 is 0 Å². The zero-order chi connectivity index (χ0) is 9.38. The molecular weight excluding hydrogens is 174 g/mol. The molecule has 0 amide bonds. The highest BCUT2D eigenvalue weighted by atomic mass is 16.5. The minimum atomic E-state index is 0.423. The van der Waals surface area contributed by atoms with E-state index in [1.54, 1.807) is 0 Å². The fourth-order valence-corrected chi connectivity index (χ4v) is 1.96. The Morgan fingerprint density at radius 2 is 2.14 bits per heavy atom. The topological polar surface area (TPSA) is 21.3 Å². The van der Waals surface area contributed by atoms with Crippen LogP contribution < -0.4 is 10.1 Å². The van der Waals surface area contributed by atoms with Gasteiger partial charge in [-0.3, -0.25) is 0 Å². The molecule has 0 spiro atoms. The van der Waals surface area contributed by atoms with Crippen molar-refractivity contribution in [3.63, 3.8) is 0 Å². The van der Waals surface area contributed by atoms with Gasteiger partial charge >= 0.3 is 0 Å². The maximum absolute atomic E-state index is 5.60. The molecule has 2 nitrogen and oxygen atoms in total. The first kappa shape index (κ1) is 8.30. The molecule has 1 unspecified atom stereocenters. The van der Waals surface area contributed by atoms with Gasteiger partial charge in [0.25, 0.3) is 0 Å². The van der Waals surface area contributed by atoms with Crippen molar-refractivity contribution in [2.24, 2.45) is 5.92 Å². The standard InChI is InChI=1S/C12H15NO/c1-2-4-12-10(3-1)11(8-14-12)13-7-9-5-6-9/h1-4,9,11,13H,5-8H2. The van der Waals surface area contributed by atoms with E-state index in [1.807, 2.05) is 12.1 Å². The molecule has 3 rings (SSSR count). The zero-order valence-corrected chi connectivity index (χ0v) is 8.20. The van der Waals surface area contributed by atoms with Crippen LogP contribution in [0.4, 0.5) is 0 Å². The Bertz CT molecular complexity index is 333. The van der Waals surface area contributed by atoms with E-state index in [0.29, 0.717) is 6.04 Å². The number of fused-ring (bicyclic) bond motifs is 1. The SMILES string of the molecule is c1ccc2c(c1)OCC2NCC1CC1. The third-order valence-corrected chi connectivity index (χ3v) is 3.05. The summed E-state index contributed by atoms with van der Waals surface area (Å²) in [6.45, 7) is 1.95. The third-order valence-electron chi connectivity index (χ3n) is 3.05. The first-order chi connectivity index (χ1) is 6.93. The molecular formula is C12H15NO. The van der Waals surface area contributed by atoms with Crippen LogP contribution in [0.5, 0.6) is 5.75 Å². The van der Waals surface area contributed by atoms with E-state index in [9.17, 15) is 0 Å². The Balaban J connectivity index is 1.70. The molecule has 2 aliphatic rings. The molecule has 74 valence electrons. The number of hydrogen-bond donors (Lipinski definition) is 1.